The minimum atomic E-state index is 0.599. The van der Waals surface area contributed by atoms with Gasteiger partial charge < -0.3 is 15.1 Å². The van der Waals surface area contributed by atoms with Crippen molar-refractivity contribution in [1.82, 2.24) is 10.3 Å². The third kappa shape index (κ3) is 5.22. The first kappa shape index (κ1) is 14.9. The molecular formula is C14H17N3OS2. The highest BCUT2D eigenvalue weighted by Crippen LogP contribution is 2.11. The Balaban J connectivity index is 1.60. The molecule has 0 amide bonds. The lowest BCUT2D eigenvalue weighted by Gasteiger charge is -2.09. The van der Waals surface area contributed by atoms with E-state index in [0.29, 0.717) is 5.11 Å². The molecule has 106 valence electrons. The van der Waals surface area contributed by atoms with Crippen molar-refractivity contribution < 1.29 is 4.42 Å². The Morgan fingerprint density at radius 2 is 2.25 bits per heavy atom. The van der Waals surface area contributed by atoms with Crippen molar-refractivity contribution in [2.75, 3.05) is 17.6 Å². The van der Waals surface area contributed by atoms with E-state index in [2.05, 4.69) is 15.6 Å². The summed E-state index contributed by atoms with van der Waals surface area (Å²) < 4.78 is 5.26. The molecule has 2 aromatic heterocycles. The maximum atomic E-state index is 5.26. The molecule has 0 spiro atoms. The number of rotatable bonds is 6. The van der Waals surface area contributed by atoms with Crippen LogP contribution in [-0.2, 0) is 5.75 Å². The molecule has 0 saturated carbocycles. The van der Waals surface area contributed by atoms with Gasteiger partial charge in [0, 0.05) is 18.0 Å². The van der Waals surface area contributed by atoms with Gasteiger partial charge in [-0.05, 0) is 43.4 Å². The number of furan rings is 1. The molecule has 0 unspecified atom stereocenters. The highest BCUT2D eigenvalue weighted by molar-refractivity contribution is 7.98. The van der Waals surface area contributed by atoms with Crippen molar-refractivity contribution in [3.05, 3.63) is 48.0 Å². The molecule has 2 heterocycles. The summed E-state index contributed by atoms with van der Waals surface area (Å²) in [7, 11) is 0. The Morgan fingerprint density at radius 3 is 3.00 bits per heavy atom. The van der Waals surface area contributed by atoms with Crippen LogP contribution in [0.4, 0.5) is 5.82 Å². The zero-order chi connectivity index (χ0) is 14.2. The quantitative estimate of drug-likeness (QED) is 0.631. The summed E-state index contributed by atoms with van der Waals surface area (Å²) in [4.78, 5) is 4.34. The fourth-order valence-electron chi connectivity index (χ4n) is 1.58. The third-order valence-corrected chi connectivity index (χ3v) is 3.71. The van der Waals surface area contributed by atoms with Crippen LogP contribution in [0.5, 0.6) is 0 Å². The van der Waals surface area contributed by atoms with Crippen molar-refractivity contribution in [2.45, 2.75) is 12.7 Å². The number of nitrogens with zero attached hydrogens (tertiary/aromatic N) is 1. The molecule has 0 aliphatic heterocycles. The highest BCUT2D eigenvalue weighted by atomic mass is 32.2. The molecule has 2 N–H and O–H groups in total. The van der Waals surface area contributed by atoms with E-state index in [1.54, 1.807) is 18.0 Å². The van der Waals surface area contributed by atoms with Gasteiger partial charge in [-0.25, -0.2) is 4.98 Å². The fraction of sp³-hybridized carbons (Fsp3) is 0.286. The van der Waals surface area contributed by atoms with E-state index in [1.807, 2.05) is 37.3 Å². The van der Waals surface area contributed by atoms with E-state index in [9.17, 15) is 0 Å². The van der Waals surface area contributed by atoms with Gasteiger partial charge in [-0.1, -0.05) is 6.07 Å². The standard InChI is InChI=1S/C14H17N3OS2/c1-11-4-2-6-13(16-11)17-14(19)15-7-9-20-10-12-5-3-8-18-12/h2-6,8H,7,9-10H2,1H3,(H2,15,16,17,19). The molecule has 4 nitrogen and oxygen atoms in total. The average molecular weight is 307 g/mol. The van der Waals surface area contributed by atoms with Gasteiger partial charge in [-0.15, -0.1) is 0 Å². The summed E-state index contributed by atoms with van der Waals surface area (Å²) in [5.41, 5.74) is 0.965. The Kier molecular flexibility index (Phi) is 5.88. The van der Waals surface area contributed by atoms with E-state index in [1.165, 1.54) is 0 Å². The SMILES string of the molecule is Cc1cccc(NC(=S)NCCSCc2ccco2)n1. The number of hydrogen-bond acceptors (Lipinski definition) is 4. The lowest BCUT2D eigenvalue weighted by Crippen LogP contribution is -2.30. The van der Waals surface area contributed by atoms with Crippen LogP contribution >= 0.6 is 24.0 Å². The Labute approximate surface area is 128 Å². The number of thioether (sulfide) groups is 1. The normalized spacial score (nSPS) is 10.2. The van der Waals surface area contributed by atoms with Crippen LogP contribution in [0.15, 0.2) is 41.0 Å². The van der Waals surface area contributed by atoms with Crippen molar-refractivity contribution in [1.29, 1.82) is 0 Å². The first-order chi connectivity index (χ1) is 9.74. The Hall–Kier alpha value is -1.53. The van der Waals surface area contributed by atoms with Crippen LogP contribution < -0.4 is 10.6 Å². The molecule has 0 atom stereocenters. The number of anilines is 1. The van der Waals surface area contributed by atoms with E-state index < -0.39 is 0 Å². The van der Waals surface area contributed by atoms with E-state index in [4.69, 9.17) is 16.6 Å². The molecule has 0 saturated heterocycles. The van der Waals surface area contributed by atoms with Gasteiger partial charge in [0.2, 0.25) is 0 Å². The lowest BCUT2D eigenvalue weighted by molar-refractivity contribution is 0.530. The second-order valence-electron chi connectivity index (χ2n) is 4.18. The first-order valence-electron chi connectivity index (χ1n) is 6.32. The summed E-state index contributed by atoms with van der Waals surface area (Å²) in [6.07, 6.45) is 1.70. The predicted octanol–water partition coefficient (Wildman–Crippen LogP) is 3.20. The second-order valence-corrected chi connectivity index (χ2v) is 5.69. The van der Waals surface area contributed by atoms with Crippen molar-refractivity contribution in [3.63, 3.8) is 0 Å². The molecular weight excluding hydrogens is 290 g/mol. The summed E-state index contributed by atoms with van der Waals surface area (Å²) in [5, 5.41) is 6.83. The number of nitrogens with one attached hydrogen (secondary N) is 2. The second kappa shape index (κ2) is 7.91. The number of aryl methyl sites for hydroxylation is 1. The topological polar surface area (TPSA) is 50.1 Å². The molecule has 0 fully saturated rings. The van der Waals surface area contributed by atoms with Crippen LogP contribution in [0.1, 0.15) is 11.5 Å². The summed E-state index contributed by atoms with van der Waals surface area (Å²) in [5.74, 6) is 3.61. The van der Waals surface area contributed by atoms with Gasteiger partial charge >= 0.3 is 0 Å². The monoisotopic (exact) mass is 307 g/mol. The first-order valence-corrected chi connectivity index (χ1v) is 7.89. The van der Waals surface area contributed by atoms with Gasteiger partial charge in [-0.2, -0.15) is 11.8 Å². The zero-order valence-electron chi connectivity index (χ0n) is 11.3. The van der Waals surface area contributed by atoms with Crippen molar-refractivity contribution >= 4 is 34.9 Å². The highest BCUT2D eigenvalue weighted by Gasteiger charge is 1.99. The fourth-order valence-corrected chi connectivity index (χ4v) is 2.54. The molecule has 2 rings (SSSR count). The van der Waals surface area contributed by atoms with Crippen LogP contribution in [0.3, 0.4) is 0 Å². The maximum Gasteiger partial charge on any atom is 0.171 e. The van der Waals surface area contributed by atoms with Gasteiger partial charge in [0.1, 0.15) is 11.6 Å². The molecule has 0 aliphatic carbocycles. The van der Waals surface area contributed by atoms with Crippen LogP contribution in [0, 0.1) is 6.92 Å². The smallest absolute Gasteiger partial charge is 0.171 e. The summed E-state index contributed by atoms with van der Waals surface area (Å²) in [6.45, 7) is 2.76. The van der Waals surface area contributed by atoms with E-state index in [-0.39, 0.29) is 0 Å². The van der Waals surface area contributed by atoms with Crippen LogP contribution in [0.2, 0.25) is 0 Å². The minimum absolute atomic E-state index is 0.599. The predicted molar refractivity (Wildman–Crippen MR) is 88.1 cm³/mol. The Bertz CT molecular complexity index is 543. The maximum absolute atomic E-state index is 5.26. The molecule has 0 aliphatic rings. The molecule has 0 bridgehead atoms. The van der Waals surface area contributed by atoms with Crippen LogP contribution in [0.25, 0.3) is 0 Å². The van der Waals surface area contributed by atoms with Gasteiger partial charge in [-0.3, -0.25) is 0 Å². The number of pyridine rings is 1. The number of aromatic nitrogens is 1. The number of hydrogen-bond donors (Lipinski definition) is 2. The van der Waals surface area contributed by atoms with Gasteiger partial charge in [0.05, 0.1) is 12.0 Å². The number of thiocarbonyl (C=S) groups is 1. The lowest BCUT2D eigenvalue weighted by atomic mass is 10.4. The molecule has 0 radical (unpaired) electrons. The van der Waals surface area contributed by atoms with Gasteiger partial charge in [0.15, 0.2) is 5.11 Å². The largest absolute Gasteiger partial charge is 0.468 e. The molecule has 2 aromatic rings. The molecule has 0 aromatic carbocycles. The zero-order valence-corrected chi connectivity index (χ0v) is 12.9. The van der Waals surface area contributed by atoms with E-state index >= 15 is 0 Å². The Morgan fingerprint density at radius 1 is 1.35 bits per heavy atom. The third-order valence-electron chi connectivity index (χ3n) is 2.49. The van der Waals surface area contributed by atoms with Crippen molar-refractivity contribution in [2.24, 2.45) is 0 Å². The van der Waals surface area contributed by atoms with Crippen LogP contribution in [-0.4, -0.2) is 22.4 Å². The average Bonchev–Trinajstić information content (AvgIpc) is 2.91. The van der Waals surface area contributed by atoms with E-state index in [0.717, 1.165) is 35.3 Å². The summed E-state index contributed by atoms with van der Waals surface area (Å²) in [6, 6.07) is 9.68. The minimum Gasteiger partial charge on any atom is -0.468 e. The molecule has 20 heavy (non-hydrogen) atoms. The molecule has 6 heteroatoms. The summed E-state index contributed by atoms with van der Waals surface area (Å²) >= 11 is 7.02. The van der Waals surface area contributed by atoms with Gasteiger partial charge in [0.25, 0.3) is 0 Å². The van der Waals surface area contributed by atoms with Crippen molar-refractivity contribution in [3.8, 4) is 0 Å².